The van der Waals surface area contributed by atoms with E-state index in [0.29, 0.717) is 18.2 Å². The first-order chi connectivity index (χ1) is 7.24. The lowest BCUT2D eigenvalue weighted by atomic mass is 10.1. The van der Waals surface area contributed by atoms with Crippen LogP contribution in [0.1, 0.15) is 33.1 Å². The molecule has 3 nitrogen and oxygen atoms in total. The molecular weight excluding hydrogens is 188 g/mol. The molecule has 15 heavy (non-hydrogen) atoms. The van der Waals surface area contributed by atoms with Gasteiger partial charge in [0.15, 0.2) is 0 Å². The molecule has 0 bridgehead atoms. The van der Waals surface area contributed by atoms with Crippen molar-refractivity contribution in [2.75, 3.05) is 26.2 Å². The van der Waals surface area contributed by atoms with Gasteiger partial charge in [-0.25, -0.2) is 0 Å². The van der Waals surface area contributed by atoms with Crippen LogP contribution in [0.2, 0.25) is 0 Å². The third kappa shape index (κ3) is 3.44. The van der Waals surface area contributed by atoms with E-state index in [1.165, 1.54) is 32.4 Å². The van der Waals surface area contributed by atoms with Gasteiger partial charge in [0, 0.05) is 38.3 Å². The van der Waals surface area contributed by atoms with E-state index in [-0.39, 0.29) is 0 Å². The average Bonchev–Trinajstić information content (AvgIpc) is 2.17. The van der Waals surface area contributed by atoms with Crippen LogP contribution in [0.3, 0.4) is 0 Å². The lowest BCUT2D eigenvalue weighted by Crippen LogP contribution is -2.55. The monoisotopic (exact) mass is 212 g/mol. The van der Waals surface area contributed by atoms with Crippen LogP contribution in [-0.4, -0.2) is 49.3 Å². The Morgan fingerprint density at radius 3 is 2.53 bits per heavy atom. The molecule has 0 spiro atoms. The van der Waals surface area contributed by atoms with Gasteiger partial charge in [-0.15, -0.1) is 0 Å². The minimum Gasteiger partial charge on any atom is -0.377 e. The van der Waals surface area contributed by atoms with Crippen LogP contribution in [0, 0.1) is 0 Å². The van der Waals surface area contributed by atoms with E-state index in [1.54, 1.807) is 0 Å². The fraction of sp³-hybridized carbons (Fsp3) is 1.00. The second kappa shape index (κ2) is 5.28. The second-order valence-corrected chi connectivity index (χ2v) is 5.18. The number of ether oxygens (including phenoxy) is 1. The Kier molecular flexibility index (Phi) is 4.00. The fourth-order valence-corrected chi connectivity index (χ4v) is 2.83. The molecule has 0 aromatic heterocycles. The van der Waals surface area contributed by atoms with Crippen molar-refractivity contribution in [2.45, 2.75) is 51.3 Å². The summed E-state index contributed by atoms with van der Waals surface area (Å²) < 4.78 is 5.79. The van der Waals surface area contributed by atoms with Crippen molar-refractivity contribution in [3.8, 4) is 0 Å². The van der Waals surface area contributed by atoms with Crippen LogP contribution in [0.5, 0.6) is 0 Å². The van der Waals surface area contributed by atoms with Crippen molar-refractivity contribution < 1.29 is 4.74 Å². The summed E-state index contributed by atoms with van der Waals surface area (Å²) in [5.74, 6) is 0. The predicted molar refractivity (Wildman–Crippen MR) is 62.1 cm³/mol. The zero-order valence-electron chi connectivity index (χ0n) is 10.0. The molecule has 3 unspecified atom stereocenters. The van der Waals surface area contributed by atoms with E-state index in [0.717, 1.165) is 13.2 Å². The van der Waals surface area contributed by atoms with Gasteiger partial charge in [-0.2, -0.15) is 0 Å². The van der Waals surface area contributed by atoms with Crippen LogP contribution in [0.4, 0.5) is 0 Å². The molecule has 0 saturated carbocycles. The van der Waals surface area contributed by atoms with E-state index in [2.05, 4.69) is 24.1 Å². The van der Waals surface area contributed by atoms with Gasteiger partial charge in [-0.1, -0.05) is 0 Å². The number of piperazine rings is 1. The molecule has 3 atom stereocenters. The van der Waals surface area contributed by atoms with Gasteiger partial charge in [0.2, 0.25) is 0 Å². The Morgan fingerprint density at radius 1 is 1.20 bits per heavy atom. The van der Waals surface area contributed by atoms with Gasteiger partial charge in [0.1, 0.15) is 0 Å². The standard InChI is InChI=1S/C12H24N2O/c1-10-7-14(8-11(2)13-10)9-12-5-3-4-6-15-12/h10-13H,3-9H2,1-2H3. The molecule has 0 aromatic rings. The van der Waals surface area contributed by atoms with E-state index in [9.17, 15) is 0 Å². The first-order valence-corrected chi connectivity index (χ1v) is 6.34. The fourth-order valence-electron chi connectivity index (χ4n) is 2.83. The number of nitrogens with zero attached hydrogens (tertiary/aromatic N) is 1. The third-order valence-electron chi connectivity index (χ3n) is 3.37. The number of hydrogen-bond donors (Lipinski definition) is 1. The van der Waals surface area contributed by atoms with E-state index in [1.807, 2.05) is 0 Å². The summed E-state index contributed by atoms with van der Waals surface area (Å²) in [5, 5.41) is 3.56. The molecule has 0 radical (unpaired) electrons. The number of hydrogen-bond acceptors (Lipinski definition) is 3. The van der Waals surface area contributed by atoms with Crippen LogP contribution < -0.4 is 5.32 Å². The molecule has 3 heteroatoms. The first-order valence-electron chi connectivity index (χ1n) is 6.34. The Morgan fingerprint density at radius 2 is 1.93 bits per heavy atom. The molecular formula is C12H24N2O. The van der Waals surface area contributed by atoms with Crippen molar-refractivity contribution in [1.29, 1.82) is 0 Å². The molecule has 2 aliphatic rings. The van der Waals surface area contributed by atoms with Crippen LogP contribution in [0.15, 0.2) is 0 Å². The number of nitrogens with one attached hydrogen (secondary N) is 1. The molecule has 2 saturated heterocycles. The summed E-state index contributed by atoms with van der Waals surface area (Å²) in [6.45, 7) is 8.99. The molecule has 1 N–H and O–H groups in total. The maximum Gasteiger partial charge on any atom is 0.0702 e. The molecule has 88 valence electrons. The van der Waals surface area contributed by atoms with E-state index < -0.39 is 0 Å². The van der Waals surface area contributed by atoms with Gasteiger partial charge >= 0.3 is 0 Å². The first kappa shape index (κ1) is 11.4. The second-order valence-electron chi connectivity index (χ2n) is 5.18. The van der Waals surface area contributed by atoms with Crippen molar-refractivity contribution >= 4 is 0 Å². The smallest absolute Gasteiger partial charge is 0.0702 e. The zero-order chi connectivity index (χ0) is 10.7. The predicted octanol–water partition coefficient (Wildman–Crippen LogP) is 1.24. The molecule has 2 fully saturated rings. The van der Waals surface area contributed by atoms with Crippen LogP contribution in [0.25, 0.3) is 0 Å². The highest BCUT2D eigenvalue weighted by Gasteiger charge is 2.24. The summed E-state index contributed by atoms with van der Waals surface area (Å²) in [7, 11) is 0. The summed E-state index contributed by atoms with van der Waals surface area (Å²) in [6.07, 6.45) is 4.36. The van der Waals surface area contributed by atoms with E-state index >= 15 is 0 Å². The summed E-state index contributed by atoms with van der Waals surface area (Å²) >= 11 is 0. The lowest BCUT2D eigenvalue weighted by Gasteiger charge is -2.38. The molecule has 2 rings (SSSR count). The summed E-state index contributed by atoms with van der Waals surface area (Å²) in [5.41, 5.74) is 0. The van der Waals surface area contributed by atoms with Gasteiger partial charge in [-0.05, 0) is 33.1 Å². The van der Waals surface area contributed by atoms with Crippen molar-refractivity contribution in [2.24, 2.45) is 0 Å². The Balaban J connectivity index is 1.77. The average molecular weight is 212 g/mol. The van der Waals surface area contributed by atoms with Gasteiger partial charge in [0.25, 0.3) is 0 Å². The Bertz CT molecular complexity index is 182. The van der Waals surface area contributed by atoms with Crippen molar-refractivity contribution in [3.63, 3.8) is 0 Å². The maximum absolute atomic E-state index is 5.79. The van der Waals surface area contributed by atoms with Gasteiger partial charge in [-0.3, -0.25) is 4.90 Å². The van der Waals surface area contributed by atoms with Crippen molar-refractivity contribution in [1.82, 2.24) is 10.2 Å². The zero-order valence-corrected chi connectivity index (χ0v) is 10.0. The third-order valence-corrected chi connectivity index (χ3v) is 3.37. The molecule has 0 aliphatic carbocycles. The van der Waals surface area contributed by atoms with Crippen LogP contribution in [-0.2, 0) is 4.74 Å². The largest absolute Gasteiger partial charge is 0.377 e. The molecule has 2 heterocycles. The highest BCUT2D eigenvalue weighted by Crippen LogP contribution is 2.15. The van der Waals surface area contributed by atoms with Gasteiger partial charge in [0.05, 0.1) is 6.10 Å². The van der Waals surface area contributed by atoms with Crippen molar-refractivity contribution in [3.05, 3.63) is 0 Å². The SMILES string of the molecule is CC1CN(CC2CCCCO2)CC(C)N1. The van der Waals surface area contributed by atoms with Crippen LogP contribution >= 0.6 is 0 Å². The van der Waals surface area contributed by atoms with Gasteiger partial charge < -0.3 is 10.1 Å². The lowest BCUT2D eigenvalue weighted by molar-refractivity contribution is -0.0124. The number of rotatable bonds is 2. The normalized spacial score (nSPS) is 39.2. The highest BCUT2D eigenvalue weighted by atomic mass is 16.5. The minimum absolute atomic E-state index is 0.497. The summed E-state index contributed by atoms with van der Waals surface area (Å²) in [4.78, 5) is 2.56. The molecule has 2 aliphatic heterocycles. The van der Waals surface area contributed by atoms with E-state index in [4.69, 9.17) is 4.74 Å². The molecule has 0 amide bonds. The highest BCUT2D eigenvalue weighted by molar-refractivity contribution is 4.82. The topological polar surface area (TPSA) is 24.5 Å². The quantitative estimate of drug-likeness (QED) is 0.745. The molecule has 0 aromatic carbocycles. The Hall–Kier alpha value is -0.120. The maximum atomic E-state index is 5.79. The minimum atomic E-state index is 0.497. The summed E-state index contributed by atoms with van der Waals surface area (Å²) in [6, 6.07) is 1.25. The Labute approximate surface area is 93.2 Å².